The molecule has 16 heavy (non-hydrogen) atoms. The van der Waals surface area contributed by atoms with E-state index in [9.17, 15) is 4.39 Å². The van der Waals surface area contributed by atoms with Crippen molar-refractivity contribution in [3.8, 4) is 11.8 Å². The highest BCUT2D eigenvalue weighted by Gasteiger charge is 2.03. The summed E-state index contributed by atoms with van der Waals surface area (Å²) in [7, 11) is 0. The minimum absolute atomic E-state index is 0.192. The highest BCUT2D eigenvalue weighted by Crippen LogP contribution is 2.17. The van der Waals surface area contributed by atoms with E-state index in [0.717, 1.165) is 13.0 Å². The van der Waals surface area contributed by atoms with Crippen LogP contribution in [0.3, 0.4) is 0 Å². The van der Waals surface area contributed by atoms with Crippen LogP contribution in [0.4, 0.5) is 4.39 Å². The molecule has 0 atom stereocenters. The minimum atomic E-state index is -0.491. The van der Waals surface area contributed by atoms with Gasteiger partial charge >= 0.3 is 0 Å². The van der Waals surface area contributed by atoms with Crippen molar-refractivity contribution in [3.05, 3.63) is 29.6 Å². The number of halogens is 1. The monoisotopic (exact) mass is 222 g/mol. The second-order valence-corrected chi connectivity index (χ2v) is 3.36. The van der Waals surface area contributed by atoms with Crippen LogP contribution in [-0.2, 0) is 0 Å². The Bertz CT molecular complexity index is 374. The van der Waals surface area contributed by atoms with E-state index in [-0.39, 0.29) is 5.75 Å². The average molecular weight is 222 g/mol. The smallest absolute Gasteiger partial charge is 0.166 e. The van der Waals surface area contributed by atoms with Crippen LogP contribution in [0, 0.1) is 17.1 Å². The Morgan fingerprint density at radius 2 is 2.25 bits per heavy atom. The Labute approximate surface area is 94.8 Å². The van der Waals surface area contributed by atoms with Gasteiger partial charge in [-0.3, -0.25) is 0 Å². The molecule has 0 saturated heterocycles. The molecule has 0 aliphatic heterocycles. The Morgan fingerprint density at radius 3 is 2.88 bits per heavy atom. The second-order valence-electron chi connectivity index (χ2n) is 3.36. The fourth-order valence-corrected chi connectivity index (χ4v) is 1.22. The largest absolute Gasteiger partial charge is 0.489 e. The molecule has 0 fully saturated rings. The van der Waals surface area contributed by atoms with E-state index in [1.54, 1.807) is 0 Å². The van der Waals surface area contributed by atoms with Gasteiger partial charge in [0.05, 0.1) is 11.6 Å². The molecule has 4 heteroatoms. The summed E-state index contributed by atoms with van der Waals surface area (Å²) in [5.41, 5.74) is 0.300. The lowest BCUT2D eigenvalue weighted by molar-refractivity contribution is 0.299. The van der Waals surface area contributed by atoms with Crippen LogP contribution in [0.2, 0.25) is 0 Å². The molecule has 1 rings (SSSR count). The lowest BCUT2D eigenvalue weighted by atomic mass is 10.2. The number of nitriles is 1. The summed E-state index contributed by atoms with van der Waals surface area (Å²) in [6.07, 6.45) is 1.06. The number of nitrogens with zero attached hydrogens (tertiary/aromatic N) is 1. The molecule has 0 unspecified atom stereocenters. The summed E-state index contributed by atoms with van der Waals surface area (Å²) in [5.74, 6) is -0.299. The first-order chi connectivity index (χ1) is 7.77. The van der Waals surface area contributed by atoms with Crippen molar-refractivity contribution in [1.29, 1.82) is 5.26 Å². The first-order valence-electron chi connectivity index (χ1n) is 5.31. The molecular formula is C12H15FN2O. The van der Waals surface area contributed by atoms with Gasteiger partial charge in [-0.1, -0.05) is 6.92 Å². The zero-order valence-corrected chi connectivity index (χ0v) is 9.29. The normalized spacial score (nSPS) is 9.81. The maximum atomic E-state index is 13.3. The van der Waals surface area contributed by atoms with E-state index < -0.39 is 5.82 Å². The average Bonchev–Trinajstić information content (AvgIpc) is 2.30. The van der Waals surface area contributed by atoms with Gasteiger partial charge in [-0.05, 0) is 31.2 Å². The van der Waals surface area contributed by atoms with Crippen LogP contribution >= 0.6 is 0 Å². The molecule has 0 amide bonds. The first kappa shape index (κ1) is 12.5. The summed E-state index contributed by atoms with van der Waals surface area (Å²) in [6.45, 7) is 4.11. The zero-order chi connectivity index (χ0) is 11.8. The van der Waals surface area contributed by atoms with E-state index >= 15 is 0 Å². The molecule has 86 valence electrons. The molecule has 0 aliphatic rings. The van der Waals surface area contributed by atoms with Gasteiger partial charge in [0.15, 0.2) is 11.6 Å². The van der Waals surface area contributed by atoms with E-state index in [1.165, 1.54) is 18.2 Å². The molecule has 0 aromatic heterocycles. The van der Waals surface area contributed by atoms with Crippen LogP contribution < -0.4 is 10.1 Å². The van der Waals surface area contributed by atoms with Gasteiger partial charge in [-0.25, -0.2) is 4.39 Å². The fourth-order valence-electron chi connectivity index (χ4n) is 1.22. The molecule has 0 radical (unpaired) electrons. The Hall–Kier alpha value is -1.60. The fraction of sp³-hybridized carbons (Fsp3) is 0.417. The van der Waals surface area contributed by atoms with E-state index in [4.69, 9.17) is 10.00 Å². The van der Waals surface area contributed by atoms with Crippen LogP contribution in [0.15, 0.2) is 18.2 Å². The minimum Gasteiger partial charge on any atom is -0.489 e. The van der Waals surface area contributed by atoms with E-state index in [2.05, 4.69) is 12.2 Å². The number of hydrogen-bond donors (Lipinski definition) is 1. The Kier molecular flexibility index (Phi) is 5.30. The third-order valence-electron chi connectivity index (χ3n) is 2.02. The second kappa shape index (κ2) is 6.81. The molecule has 1 aromatic rings. The van der Waals surface area contributed by atoms with Crippen molar-refractivity contribution in [3.63, 3.8) is 0 Å². The lowest BCUT2D eigenvalue weighted by Gasteiger charge is -2.07. The van der Waals surface area contributed by atoms with Crippen LogP contribution in [-0.4, -0.2) is 19.7 Å². The van der Waals surface area contributed by atoms with Crippen molar-refractivity contribution >= 4 is 0 Å². The SMILES string of the molecule is CCCNCCOc1ccc(C#N)cc1F. The number of nitrogens with one attached hydrogen (secondary N) is 1. The molecule has 1 aromatic carbocycles. The highest BCUT2D eigenvalue weighted by molar-refractivity contribution is 5.35. The van der Waals surface area contributed by atoms with Gasteiger partial charge in [-0.2, -0.15) is 5.26 Å². The topological polar surface area (TPSA) is 45.0 Å². The van der Waals surface area contributed by atoms with Crippen molar-refractivity contribution in [2.45, 2.75) is 13.3 Å². The molecule has 0 spiro atoms. The maximum Gasteiger partial charge on any atom is 0.166 e. The van der Waals surface area contributed by atoms with Crippen LogP contribution in [0.1, 0.15) is 18.9 Å². The molecular weight excluding hydrogens is 207 g/mol. The third kappa shape index (κ3) is 3.87. The number of rotatable bonds is 6. The van der Waals surface area contributed by atoms with Gasteiger partial charge in [0, 0.05) is 6.54 Å². The van der Waals surface area contributed by atoms with E-state index in [0.29, 0.717) is 18.7 Å². The molecule has 0 aliphatic carbocycles. The molecule has 0 bridgehead atoms. The molecule has 3 nitrogen and oxygen atoms in total. The maximum absolute atomic E-state index is 13.3. The summed E-state index contributed by atoms with van der Waals surface area (Å²) in [5, 5.41) is 11.7. The standard InChI is InChI=1S/C12H15FN2O/c1-2-5-15-6-7-16-12-4-3-10(9-14)8-11(12)13/h3-4,8,15H,2,5-7H2,1H3. The number of ether oxygens (including phenoxy) is 1. The zero-order valence-electron chi connectivity index (χ0n) is 9.29. The van der Waals surface area contributed by atoms with Gasteiger partial charge < -0.3 is 10.1 Å². The Morgan fingerprint density at radius 1 is 1.44 bits per heavy atom. The van der Waals surface area contributed by atoms with E-state index in [1.807, 2.05) is 6.07 Å². The lowest BCUT2D eigenvalue weighted by Crippen LogP contribution is -2.21. The summed E-state index contributed by atoms with van der Waals surface area (Å²) < 4.78 is 18.6. The molecule has 0 heterocycles. The van der Waals surface area contributed by atoms with Gasteiger partial charge in [0.1, 0.15) is 6.61 Å². The third-order valence-corrected chi connectivity index (χ3v) is 2.02. The molecule has 0 saturated carbocycles. The van der Waals surface area contributed by atoms with Crippen molar-refractivity contribution in [2.24, 2.45) is 0 Å². The van der Waals surface area contributed by atoms with Crippen LogP contribution in [0.5, 0.6) is 5.75 Å². The van der Waals surface area contributed by atoms with Gasteiger partial charge in [-0.15, -0.1) is 0 Å². The molecule has 1 N–H and O–H groups in total. The number of benzene rings is 1. The van der Waals surface area contributed by atoms with Gasteiger partial charge in [0.2, 0.25) is 0 Å². The van der Waals surface area contributed by atoms with Crippen molar-refractivity contribution in [2.75, 3.05) is 19.7 Å². The van der Waals surface area contributed by atoms with Gasteiger partial charge in [0.25, 0.3) is 0 Å². The van der Waals surface area contributed by atoms with Crippen LogP contribution in [0.25, 0.3) is 0 Å². The number of hydrogen-bond acceptors (Lipinski definition) is 3. The first-order valence-corrected chi connectivity index (χ1v) is 5.31. The predicted octanol–water partition coefficient (Wildman–Crippen LogP) is 2.08. The Balaban J connectivity index is 2.40. The quantitative estimate of drug-likeness (QED) is 0.749. The highest BCUT2D eigenvalue weighted by atomic mass is 19.1. The summed E-state index contributed by atoms with van der Waals surface area (Å²) >= 11 is 0. The predicted molar refractivity (Wildman–Crippen MR) is 59.8 cm³/mol. The summed E-state index contributed by atoms with van der Waals surface area (Å²) in [6, 6.07) is 6.07. The summed E-state index contributed by atoms with van der Waals surface area (Å²) in [4.78, 5) is 0. The van der Waals surface area contributed by atoms with Crippen molar-refractivity contribution < 1.29 is 9.13 Å². The van der Waals surface area contributed by atoms with Crippen molar-refractivity contribution in [1.82, 2.24) is 5.32 Å².